The van der Waals surface area contributed by atoms with Crippen LogP contribution in [-0.2, 0) is 11.4 Å². The highest BCUT2D eigenvalue weighted by molar-refractivity contribution is 5.93. The number of nitrogens with zero attached hydrogens (tertiary/aromatic N) is 1. The number of halogens is 2. The number of alkyl halides is 2. The van der Waals surface area contributed by atoms with Crippen LogP contribution in [0.5, 0.6) is 0 Å². The normalized spacial score (nSPS) is 19.1. The average molecular weight is 270 g/mol. The molecule has 2 N–H and O–H groups in total. The number of nitrogens with one attached hydrogen (secondary N) is 1. The molecule has 0 saturated heterocycles. The van der Waals surface area contributed by atoms with E-state index < -0.39 is 11.8 Å². The van der Waals surface area contributed by atoms with E-state index in [2.05, 4.69) is 10.3 Å². The van der Waals surface area contributed by atoms with Crippen LogP contribution >= 0.6 is 0 Å². The molecule has 2 rings (SSSR count). The lowest BCUT2D eigenvalue weighted by Gasteiger charge is -2.27. The smallest absolute Gasteiger partial charge is 0.248 e. The lowest BCUT2D eigenvalue weighted by atomic mass is 9.86. The Hall–Kier alpha value is -1.56. The molecule has 19 heavy (non-hydrogen) atoms. The van der Waals surface area contributed by atoms with E-state index >= 15 is 0 Å². The third-order valence-electron chi connectivity index (χ3n) is 3.43. The van der Waals surface area contributed by atoms with E-state index in [4.69, 9.17) is 5.11 Å². The van der Waals surface area contributed by atoms with Crippen molar-refractivity contribution in [3.63, 3.8) is 0 Å². The quantitative estimate of drug-likeness (QED) is 0.886. The van der Waals surface area contributed by atoms with Crippen LogP contribution in [0, 0.1) is 5.92 Å². The molecule has 1 saturated carbocycles. The molecule has 4 nitrogen and oxygen atoms in total. The van der Waals surface area contributed by atoms with Gasteiger partial charge in [0.15, 0.2) is 0 Å². The Bertz CT molecular complexity index is 456. The summed E-state index contributed by atoms with van der Waals surface area (Å²) in [5, 5.41) is 11.8. The molecule has 1 amide bonds. The number of rotatable bonds is 3. The molecule has 1 aliphatic rings. The van der Waals surface area contributed by atoms with Gasteiger partial charge < -0.3 is 10.4 Å². The summed E-state index contributed by atoms with van der Waals surface area (Å²) in [5.74, 6) is -3.31. The summed E-state index contributed by atoms with van der Waals surface area (Å²) in [5.41, 5.74) is 0.997. The molecule has 1 aromatic rings. The van der Waals surface area contributed by atoms with Gasteiger partial charge in [-0.05, 0) is 18.9 Å². The van der Waals surface area contributed by atoms with Crippen LogP contribution in [0.3, 0.4) is 0 Å². The molecule has 0 radical (unpaired) electrons. The van der Waals surface area contributed by atoms with Crippen LogP contribution in [0.25, 0.3) is 0 Å². The van der Waals surface area contributed by atoms with Crippen LogP contribution < -0.4 is 5.32 Å². The maximum Gasteiger partial charge on any atom is 0.248 e. The molecule has 0 bridgehead atoms. The minimum atomic E-state index is -2.64. The third kappa shape index (κ3) is 3.47. The van der Waals surface area contributed by atoms with E-state index in [0.29, 0.717) is 11.3 Å². The number of aromatic nitrogens is 1. The maximum absolute atomic E-state index is 13.0. The second kappa shape index (κ2) is 5.61. The Morgan fingerprint density at radius 2 is 2.16 bits per heavy atom. The second-order valence-electron chi connectivity index (χ2n) is 4.81. The Kier molecular flexibility index (Phi) is 4.09. The molecular weight excluding hydrogens is 254 g/mol. The van der Waals surface area contributed by atoms with E-state index in [9.17, 15) is 13.6 Å². The standard InChI is InChI=1S/C13H16F2N2O2/c14-13(15)4-1-9(2-5-13)12(19)17-11-7-16-6-3-10(11)8-18/h3,6-7,9,18H,1-2,4-5,8H2,(H,17,19). The molecule has 1 fully saturated rings. The van der Waals surface area contributed by atoms with Gasteiger partial charge >= 0.3 is 0 Å². The first-order chi connectivity index (χ1) is 9.02. The minimum absolute atomic E-state index is 0.188. The highest BCUT2D eigenvalue weighted by atomic mass is 19.3. The first kappa shape index (κ1) is 13.9. The average Bonchev–Trinajstić information content (AvgIpc) is 2.39. The predicted molar refractivity (Wildman–Crippen MR) is 65.7 cm³/mol. The van der Waals surface area contributed by atoms with Crippen LogP contribution in [-0.4, -0.2) is 21.9 Å². The summed E-state index contributed by atoms with van der Waals surface area (Å²) in [6.45, 7) is -0.207. The van der Waals surface area contributed by atoms with Gasteiger partial charge in [0.2, 0.25) is 11.8 Å². The summed E-state index contributed by atoms with van der Waals surface area (Å²) in [6, 6.07) is 1.60. The summed E-state index contributed by atoms with van der Waals surface area (Å²) in [4.78, 5) is 15.8. The number of anilines is 1. The van der Waals surface area contributed by atoms with Crippen molar-refractivity contribution in [3.05, 3.63) is 24.0 Å². The zero-order valence-electron chi connectivity index (χ0n) is 10.4. The van der Waals surface area contributed by atoms with Gasteiger partial charge in [-0.1, -0.05) is 0 Å². The largest absolute Gasteiger partial charge is 0.392 e. The van der Waals surface area contributed by atoms with Gasteiger partial charge in [-0.3, -0.25) is 9.78 Å². The van der Waals surface area contributed by atoms with E-state index in [-0.39, 0.29) is 38.2 Å². The van der Waals surface area contributed by atoms with Gasteiger partial charge in [-0.25, -0.2) is 8.78 Å². The second-order valence-corrected chi connectivity index (χ2v) is 4.81. The fraction of sp³-hybridized carbons (Fsp3) is 0.538. The highest BCUT2D eigenvalue weighted by Gasteiger charge is 2.37. The maximum atomic E-state index is 13.0. The van der Waals surface area contributed by atoms with Crippen molar-refractivity contribution in [3.8, 4) is 0 Å². The monoisotopic (exact) mass is 270 g/mol. The number of carbonyl (C=O) groups is 1. The number of hydrogen-bond donors (Lipinski definition) is 2. The van der Waals surface area contributed by atoms with Gasteiger partial charge in [0.25, 0.3) is 0 Å². The van der Waals surface area contributed by atoms with Crippen LogP contribution in [0.4, 0.5) is 14.5 Å². The predicted octanol–water partition coefficient (Wildman–Crippen LogP) is 2.34. The number of aliphatic hydroxyl groups excluding tert-OH is 1. The van der Waals surface area contributed by atoms with Crippen LogP contribution in [0.15, 0.2) is 18.5 Å². The van der Waals surface area contributed by atoms with Crippen molar-refractivity contribution in [2.24, 2.45) is 5.92 Å². The summed E-state index contributed by atoms with van der Waals surface area (Å²) in [6.07, 6.45) is 2.85. The molecule has 6 heteroatoms. The first-order valence-corrected chi connectivity index (χ1v) is 6.24. The number of pyridine rings is 1. The Morgan fingerprint density at radius 3 is 2.79 bits per heavy atom. The molecule has 1 aliphatic carbocycles. The molecule has 0 unspecified atom stereocenters. The van der Waals surface area contributed by atoms with Gasteiger partial charge in [-0.15, -0.1) is 0 Å². The third-order valence-corrected chi connectivity index (χ3v) is 3.43. The van der Waals surface area contributed by atoms with Gasteiger partial charge in [-0.2, -0.15) is 0 Å². The molecule has 1 aromatic heterocycles. The fourth-order valence-electron chi connectivity index (χ4n) is 2.21. The Labute approximate surface area is 109 Å². The first-order valence-electron chi connectivity index (χ1n) is 6.24. The molecule has 0 spiro atoms. The van der Waals surface area contributed by atoms with E-state index in [1.807, 2.05) is 0 Å². The molecule has 0 aromatic carbocycles. The Balaban J connectivity index is 1.98. The van der Waals surface area contributed by atoms with Crippen molar-refractivity contribution < 1.29 is 18.7 Å². The fourth-order valence-corrected chi connectivity index (χ4v) is 2.21. The van der Waals surface area contributed by atoms with Crippen molar-refractivity contribution in [2.75, 3.05) is 5.32 Å². The zero-order chi connectivity index (χ0) is 13.9. The van der Waals surface area contributed by atoms with Crippen LogP contribution in [0.1, 0.15) is 31.2 Å². The molecule has 0 aliphatic heterocycles. The minimum Gasteiger partial charge on any atom is -0.392 e. The van der Waals surface area contributed by atoms with Crippen molar-refractivity contribution in [1.82, 2.24) is 4.98 Å². The number of hydrogen-bond acceptors (Lipinski definition) is 3. The van der Waals surface area contributed by atoms with E-state index in [0.717, 1.165) is 0 Å². The molecule has 104 valence electrons. The van der Waals surface area contributed by atoms with Crippen molar-refractivity contribution in [1.29, 1.82) is 0 Å². The van der Waals surface area contributed by atoms with Crippen LogP contribution in [0.2, 0.25) is 0 Å². The Morgan fingerprint density at radius 1 is 1.47 bits per heavy atom. The van der Waals surface area contributed by atoms with Gasteiger partial charge in [0.05, 0.1) is 18.5 Å². The van der Waals surface area contributed by atoms with E-state index in [1.54, 1.807) is 6.07 Å². The summed E-state index contributed by atoms with van der Waals surface area (Å²) < 4.78 is 26.0. The topological polar surface area (TPSA) is 62.2 Å². The molecular formula is C13H16F2N2O2. The number of aliphatic hydroxyl groups is 1. The SMILES string of the molecule is O=C(Nc1cnccc1CO)C1CCC(F)(F)CC1. The van der Waals surface area contributed by atoms with Gasteiger partial charge in [0.1, 0.15) is 0 Å². The molecule has 0 atom stereocenters. The lowest BCUT2D eigenvalue weighted by Crippen LogP contribution is -2.32. The van der Waals surface area contributed by atoms with Gasteiger partial charge in [0, 0.05) is 30.5 Å². The van der Waals surface area contributed by atoms with E-state index in [1.165, 1.54) is 12.4 Å². The molecule has 1 heterocycles. The highest BCUT2D eigenvalue weighted by Crippen LogP contribution is 2.36. The summed E-state index contributed by atoms with van der Waals surface area (Å²) in [7, 11) is 0. The zero-order valence-corrected chi connectivity index (χ0v) is 10.4. The number of amides is 1. The summed E-state index contributed by atoms with van der Waals surface area (Å²) >= 11 is 0. The lowest BCUT2D eigenvalue weighted by molar-refractivity contribution is -0.124. The van der Waals surface area contributed by atoms with Crippen molar-refractivity contribution in [2.45, 2.75) is 38.2 Å². The number of carbonyl (C=O) groups excluding carboxylic acids is 1. The van der Waals surface area contributed by atoms with Crippen molar-refractivity contribution >= 4 is 11.6 Å².